The van der Waals surface area contributed by atoms with Gasteiger partial charge >= 0.3 is 5.97 Å². The number of rotatable bonds is 5. The van der Waals surface area contributed by atoms with E-state index in [0.717, 1.165) is 0 Å². The van der Waals surface area contributed by atoms with E-state index in [1.165, 1.54) is 7.11 Å². The highest BCUT2D eigenvalue weighted by atomic mass is 16.6. The lowest BCUT2D eigenvalue weighted by molar-refractivity contribution is -0.523. The van der Waals surface area contributed by atoms with E-state index >= 15 is 0 Å². The van der Waals surface area contributed by atoms with Crippen molar-refractivity contribution in [1.82, 2.24) is 0 Å². The molecule has 0 radical (unpaired) electrons. The van der Waals surface area contributed by atoms with Crippen LogP contribution in [-0.2, 0) is 9.53 Å². The molecule has 70 valence electrons. The van der Waals surface area contributed by atoms with Crippen LogP contribution in [0.3, 0.4) is 0 Å². The van der Waals surface area contributed by atoms with E-state index in [0.29, 0.717) is 6.42 Å². The van der Waals surface area contributed by atoms with Gasteiger partial charge in [0, 0.05) is 17.8 Å². The van der Waals surface area contributed by atoms with Gasteiger partial charge in [0.25, 0.3) is 0 Å². The van der Waals surface area contributed by atoms with Gasteiger partial charge in [0.05, 0.1) is 13.5 Å². The zero-order valence-electron chi connectivity index (χ0n) is 7.28. The molecule has 5 heteroatoms. The largest absolute Gasteiger partial charge is 0.469 e. The van der Waals surface area contributed by atoms with E-state index in [1.54, 1.807) is 6.92 Å². The molecule has 0 aliphatic carbocycles. The van der Waals surface area contributed by atoms with Gasteiger partial charge in [0.15, 0.2) is 0 Å². The maximum Gasteiger partial charge on any atom is 0.305 e. The lowest BCUT2D eigenvalue weighted by atomic mass is 10.1. The van der Waals surface area contributed by atoms with Crippen molar-refractivity contribution in [3.63, 3.8) is 0 Å². The van der Waals surface area contributed by atoms with Crippen molar-refractivity contribution in [3.8, 4) is 0 Å². The number of methoxy groups -OCH3 is 1. The fraction of sp³-hybridized carbons (Fsp3) is 0.857. The third kappa shape index (κ3) is 3.90. The highest BCUT2D eigenvalue weighted by Gasteiger charge is 2.18. The fourth-order valence-electron chi connectivity index (χ4n) is 0.845. The number of esters is 1. The molecule has 0 rings (SSSR count). The second kappa shape index (κ2) is 5.51. The summed E-state index contributed by atoms with van der Waals surface area (Å²) in [7, 11) is 1.27. The van der Waals surface area contributed by atoms with Crippen molar-refractivity contribution in [2.24, 2.45) is 0 Å². The summed E-state index contributed by atoms with van der Waals surface area (Å²) in [6.45, 7) is 1.73. The molecular formula is C7H13NO4. The molecule has 0 saturated carbocycles. The van der Waals surface area contributed by atoms with Gasteiger partial charge in [-0.05, 0) is 0 Å². The molecule has 0 aromatic carbocycles. The Kier molecular flexibility index (Phi) is 4.99. The molecule has 5 nitrogen and oxygen atoms in total. The summed E-state index contributed by atoms with van der Waals surface area (Å²) < 4.78 is 4.36. The number of hydrogen-bond donors (Lipinski definition) is 0. The first-order valence-corrected chi connectivity index (χ1v) is 3.82. The van der Waals surface area contributed by atoms with Crippen LogP contribution in [0.4, 0.5) is 0 Å². The normalized spacial score (nSPS) is 12.2. The molecule has 0 aromatic heterocycles. The Morgan fingerprint density at radius 1 is 1.67 bits per heavy atom. The Bertz CT molecular complexity index is 169. The highest BCUT2D eigenvalue weighted by Crippen LogP contribution is 2.05. The van der Waals surface area contributed by atoms with Gasteiger partial charge in [-0.25, -0.2) is 0 Å². The van der Waals surface area contributed by atoms with Crippen LogP contribution >= 0.6 is 0 Å². The van der Waals surface area contributed by atoms with Gasteiger partial charge in [-0.2, -0.15) is 0 Å². The predicted octanol–water partition coefficient (Wildman–Crippen LogP) is 0.995. The Morgan fingerprint density at radius 2 is 2.25 bits per heavy atom. The number of hydrogen-bond acceptors (Lipinski definition) is 4. The maximum absolute atomic E-state index is 10.6. The zero-order valence-corrected chi connectivity index (χ0v) is 7.28. The summed E-state index contributed by atoms with van der Waals surface area (Å²) in [5.74, 6) is -0.393. The third-order valence-corrected chi connectivity index (χ3v) is 1.68. The molecule has 0 amide bonds. The minimum absolute atomic E-state index is 0.121. The first-order valence-electron chi connectivity index (χ1n) is 3.82. The molecule has 0 bridgehead atoms. The second-order valence-corrected chi connectivity index (χ2v) is 2.46. The van der Waals surface area contributed by atoms with E-state index in [4.69, 9.17) is 0 Å². The Morgan fingerprint density at radius 3 is 2.58 bits per heavy atom. The van der Waals surface area contributed by atoms with Gasteiger partial charge in [0.1, 0.15) is 0 Å². The van der Waals surface area contributed by atoms with Gasteiger partial charge in [-0.15, -0.1) is 0 Å². The molecule has 0 fully saturated rings. The lowest BCUT2D eigenvalue weighted by Crippen LogP contribution is -2.19. The number of carbonyl (C=O) groups is 1. The molecule has 0 aliphatic rings. The summed E-state index contributed by atoms with van der Waals surface area (Å²) in [6, 6.07) is -0.621. The Hall–Kier alpha value is -1.13. The van der Waals surface area contributed by atoms with Crippen molar-refractivity contribution in [2.75, 3.05) is 7.11 Å². The van der Waals surface area contributed by atoms with Crippen LogP contribution < -0.4 is 0 Å². The summed E-state index contributed by atoms with van der Waals surface area (Å²) in [5, 5.41) is 10.3. The van der Waals surface area contributed by atoms with Gasteiger partial charge in [-0.3, -0.25) is 14.9 Å². The van der Waals surface area contributed by atoms with Crippen LogP contribution in [0.2, 0.25) is 0 Å². The average molecular weight is 175 g/mol. The van der Waals surface area contributed by atoms with E-state index in [2.05, 4.69) is 4.74 Å². The minimum atomic E-state index is -0.621. The third-order valence-electron chi connectivity index (χ3n) is 1.68. The van der Waals surface area contributed by atoms with Crippen LogP contribution in [0.1, 0.15) is 26.2 Å². The highest BCUT2D eigenvalue weighted by molar-refractivity contribution is 5.69. The summed E-state index contributed by atoms with van der Waals surface area (Å²) in [5.41, 5.74) is 0. The van der Waals surface area contributed by atoms with Gasteiger partial charge < -0.3 is 4.74 Å². The van der Waals surface area contributed by atoms with Gasteiger partial charge in [0.2, 0.25) is 6.04 Å². The second-order valence-electron chi connectivity index (χ2n) is 2.46. The standard InChI is InChI=1S/C7H13NO4/c1-3-6(8(10)11)4-5-7(9)12-2/h6H,3-5H2,1-2H3. The molecule has 0 heterocycles. The molecule has 0 aliphatic heterocycles. The molecule has 0 N–H and O–H groups in total. The first kappa shape index (κ1) is 10.9. The van der Waals surface area contributed by atoms with Crippen LogP contribution in [0.15, 0.2) is 0 Å². The average Bonchev–Trinajstić information content (AvgIpc) is 2.04. The van der Waals surface area contributed by atoms with Crippen LogP contribution in [0, 0.1) is 10.1 Å². The topological polar surface area (TPSA) is 69.4 Å². The van der Waals surface area contributed by atoms with Crippen molar-refractivity contribution < 1.29 is 14.5 Å². The SMILES string of the molecule is CCC(CCC(=O)OC)[N+](=O)[O-]. The van der Waals surface area contributed by atoms with Crippen molar-refractivity contribution >= 4 is 5.97 Å². The number of nitrogens with zero attached hydrogens (tertiary/aromatic N) is 1. The van der Waals surface area contributed by atoms with E-state index in [1.807, 2.05) is 0 Å². The minimum Gasteiger partial charge on any atom is -0.469 e. The fourth-order valence-corrected chi connectivity index (χ4v) is 0.845. The lowest BCUT2D eigenvalue weighted by Gasteiger charge is -2.04. The molecule has 0 aromatic rings. The predicted molar refractivity (Wildman–Crippen MR) is 42.3 cm³/mol. The van der Waals surface area contributed by atoms with Crippen molar-refractivity contribution in [1.29, 1.82) is 0 Å². The summed E-state index contributed by atoms with van der Waals surface area (Å²) in [4.78, 5) is 20.5. The van der Waals surface area contributed by atoms with Crippen LogP contribution in [0.5, 0.6) is 0 Å². The van der Waals surface area contributed by atoms with E-state index < -0.39 is 12.0 Å². The first-order chi connectivity index (χ1) is 5.61. The quantitative estimate of drug-likeness (QED) is 0.355. The van der Waals surface area contributed by atoms with E-state index in [9.17, 15) is 14.9 Å². The maximum atomic E-state index is 10.6. The molecule has 0 spiro atoms. The summed E-state index contributed by atoms with van der Waals surface area (Å²) in [6.07, 6.45) is 0.830. The smallest absolute Gasteiger partial charge is 0.305 e. The number of carbonyl (C=O) groups excluding carboxylic acids is 1. The summed E-state index contributed by atoms with van der Waals surface area (Å²) >= 11 is 0. The molecule has 0 saturated heterocycles. The van der Waals surface area contributed by atoms with Crippen molar-refractivity contribution in [3.05, 3.63) is 10.1 Å². The van der Waals surface area contributed by atoms with Gasteiger partial charge in [-0.1, -0.05) is 6.92 Å². The molecule has 1 atom stereocenters. The Labute approximate surface area is 70.9 Å². The number of ether oxygens (including phenoxy) is 1. The van der Waals surface area contributed by atoms with E-state index in [-0.39, 0.29) is 17.8 Å². The van der Waals surface area contributed by atoms with Crippen molar-refractivity contribution in [2.45, 2.75) is 32.2 Å². The monoisotopic (exact) mass is 175 g/mol. The number of nitro groups is 1. The zero-order chi connectivity index (χ0) is 9.56. The molecule has 1 unspecified atom stereocenters. The molecular weight excluding hydrogens is 162 g/mol. The Balaban J connectivity index is 3.73. The molecule has 12 heavy (non-hydrogen) atoms. The van der Waals surface area contributed by atoms with Crippen LogP contribution in [0.25, 0.3) is 0 Å². The van der Waals surface area contributed by atoms with Crippen LogP contribution in [-0.4, -0.2) is 24.0 Å².